The van der Waals surface area contributed by atoms with E-state index in [4.69, 9.17) is 4.98 Å². The molecule has 0 saturated heterocycles. The number of rotatable bonds is 5. The molecule has 2 saturated carbocycles. The van der Waals surface area contributed by atoms with Crippen LogP contribution in [0.5, 0.6) is 0 Å². The Labute approximate surface area is 120 Å². The van der Waals surface area contributed by atoms with E-state index in [0.29, 0.717) is 0 Å². The van der Waals surface area contributed by atoms with Crippen LogP contribution in [-0.2, 0) is 6.54 Å². The van der Waals surface area contributed by atoms with Crippen LogP contribution < -0.4 is 5.32 Å². The van der Waals surface area contributed by atoms with Gasteiger partial charge in [0.2, 0.25) is 0 Å². The van der Waals surface area contributed by atoms with E-state index in [1.54, 1.807) is 0 Å². The number of hydrogen-bond acceptors (Lipinski definition) is 3. The SMILES string of the molecule is Cc1cc(CNC2CC2)cnc1SC1CCCCC1. The largest absolute Gasteiger partial charge is 0.310 e. The molecule has 0 atom stereocenters. The second-order valence-corrected chi connectivity index (χ2v) is 7.29. The average molecular weight is 276 g/mol. The molecule has 1 N–H and O–H groups in total. The third-order valence-corrected chi connectivity index (χ3v) is 5.54. The molecule has 0 aliphatic heterocycles. The Morgan fingerprint density at radius 2 is 2.00 bits per heavy atom. The van der Waals surface area contributed by atoms with Crippen molar-refractivity contribution in [3.05, 3.63) is 23.4 Å². The number of thioether (sulfide) groups is 1. The summed E-state index contributed by atoms with van der Waals surface area (Å²) in [6.07, 6.45) is 11.7. The van der Waals surface area contributed by atoms with Gasteiger partial charge in [0, 0.05) is 24.0 Å². The smallest absolute Gasteiger partial charge is 0.0991 e. The van der Waals surface area contributed by atoms with Crippen molar-refractivity contribution in [2.24, 2.45) is 0 Å². The van der Waals surface area contributed by atoms with E-state index in [-0.39, 0.29) is 0 Å². The number of hydrogen-bond donors (Lipinski definition) is 1. The summed E-state index contributed by atoms with van der Waals surface area (Å²) in [4.78, 5) is 4.69. The highest BCUT2D eigenvalue weighted by molar-refractivity contribution is 7.99. The first-order valence-electron chi connectivity index (χ1n) is 7.67. The van der Waals surface area contributed by atoms with Crippen LogP contribution in [0.3, 0.4) is 0 Å². The zero-order valence-electron chi connectivity index (χ0n) is 11.8. The molecule has 0 radical (unpaired) electrons. The molecular formula is C16H24N2S. The second kappa shape index (κ2) is 6.27. The highest BCUT2D eigenvalue weighted by Crippen LogP contribution is 2.34. The Balaban J connectivity index is 1.58. The molecule has 2 fully saturated rings. The summed E-state index contributed by atoms with van der Waals surface area (Å²) in [6.45, 7) is 3.19. The molecule has 2 aliphatic rings. The molecule has 0 aromatic carbocycles. The minimum Gasteiger partial charge on any atom is -0.310 e. The quantitative estimate of drug-likeness (QED) is 0.877. The zero-order chi connectivity index (χ0) is 13.1. The molecule has 19 heavy (non-hydrogen) atoms. The summed E-state index contributed by atoms with van der Waals surface area (Å²) in [6, 6.07) is 3.09. The van der Waals surface area contributed by atoms with E-state index in [9.17, 15) is 0 Å². The van der Waals surface area contributed by atoms with E-state index >= 15 is 0 Å². The maximum atomic E-state index is 4.69. The van der Waals surface area contributed by atoms with Crippen LogP contribution in [-0.4, -0.2) is 16.3 Å². The molecule has 104 valence electrons. The third kappa shape index (κ3) is 3.96. The van der Waals surface area contributed by atoms with Crippen LogP contribution in [0.4, 0.5) is 0 Å². The molecule has 1 aromatic heterocycles. The first-order valence-corrected chi connectivity index (χ1v) is 8.55. The topological polar surface area (TPSA) is 24.9 Å². The maximum Gasteiger partial charge on any atom is 0.0991 e. The Morgan fingerprint density at radius 1 is 1.21 bits per heavy atom. The molecule has 1 aromatic rings. The summed E-state index contributed by atoms with van der Waals surface area (Å²) in [5.41, 5.74) is 2.68. The number of aryl methyl sites for hydroxylation is 1. The van der Waals surface area contributed by atoms with Crippen molar-refractivity contribution >= 4 is 11.8 Å². The van der Waals surface area contributed by atoms with Crippen molar-refractivity contribution in [3.8, 4) is 0 Å². The van der Waals surface area contributed by atoms with Crippen LogP contribution in [0.2, 0.25) is 0 Å². The lowest BCUT2D eigenvalue weighted by molar-refractivity contribution is 0.515. The van der Waals surface area contributed by atoms with Crippen molar-refractivity contribution < 1.29 is 0 Å². The predicted octanol–water partition coefficient (Wildman–Crippen LogP) is 4.07. The number of nitrogens with one attached hydrogen (secondary N) is 1. The summed E-state index contributed by atoms with van der Waals surface area (Å²) >= 11 is 2.01. The molecule has 2 nitrogen and oxygen atoms in total. The van der Waals surface area contributed by atoms with Gasteiger partial charge in [-0.25, -0.2) is 4.98 Å². The normalized spacial score (nSPS) is 20.7. The van der Waals surface area contributed by atoms with Gasteiger partial charge in [0.1, 0.15) is 0 Å². The van der Waals surface area contributed by atoms with E-state index in [0.717, 1.165) is 17.8 Å². The Hall–Kier alpha value is -0.540. The van der Waals surface area contributed by atoms with Gasteiger partial charge in [0.05, 0.1) is 5.03 Å². The molecule has 0 amide bonds. The van der Waals surface area contributed by atoms with Gasteiger partial charge in [-0.2, -0.15) is 0 Å². The van der Waals surface area contributed by atoms with E-state index < -0.39 is 0 Å². The van der Waals surface area contributed by atoms with Crippen LogP contribution in [0, 0.1) is 6.92 Å². The van der Waals surface area contributed by atoms with Crippen LogP contribution in [0.1, 0.15) is 56.1 Å². The lowest BCUT2D eigenvalue weighted by Crippen LogP contribution is -2.15. The molecule has 1 heterocycles. The van der Waals surface area contributed by atoms with Gasteiger partial charge in [0.15, 0.2) is 0 Å². The van der Waals surface area contributed by atoms with Gasteiger partial charge < -0.3 is 5.32 Å². The fraction of sp³-hybridized carbons (Fsp3) is 0.688. The van der Waals surface area contributed by atoms with Gasteiger partial charge >= 0.3 is 0 Å². The second-order valence-electron chi connectivity index (χ2n) is 6.00. The maximum absolute atomic E-state index is 4.69. The van der Waals surface area contributed by atoms with Crippen molar-refractivity contribution in [1.82, 2.24) is 10.3 Å². The van der Waals surface area contributed by atoms with Gasteiger partial charge in [-0.3, -0.25) is 0 Å². The number of nitrogens with zero attached hydrogens (tertiary/aromatic N) is 1. The lowest BCUT2D eigenvalue weighted by atomic mass is 10.0. The van der Waals surface area contributed by atoms with Gasteiger partial charge in [0.25, 0.3) is 0 Å². The Morgan fingerprint density at radius 3 is 2.68 bits per heavy atom. The van der Waals surface area contributed by atoms with E-state index in [2.05, 4.69) is 24.5 Å². The minimum absolute atomic E-state index is 0.775. The van der Waals surface area contributed by atoms with Crippen LogP contribution >= 0.6 is 11.8 Å². The summed E-state index contributed by atoms with van der Waals surface area (Å²) in [5, 5.41) is 5.61. The van der Waals surface area contributed by atoms with E-state index in [1.165, 1.54) is 61.1 Å². The number of aromatic nitrogens is 1. The molecule has 0 bridgehead atoms. The van der Waals surface area contributed by atoms with E-state index in [1.807, 2.05) is 11.8 Å². The van der Waals surface area contributed by atoms with Crippen molar-refractivity contribution in [1.29, 1.82) is 0 Å². The van der Waals surface area contributed by atoms with Crippen LogP contribution in [0.15, 0.2) is 17.3 Å². The zero-order valence-corrected chi connectivity index (χ0v) is 12.6. The Kier molecular flexibility index (Phi) is 4.44. The van der Waals surface area contributed by atoms with Gasteiger partial charge in [-0.05, 0) is 43.7 Å². The lowest BCUT2D eigenvalue weighted by Gasteiger charge is -2.21. The fourth-order valence-corrected chi connectivity index (χ4v) is 3.97. The van der Waals surface area contributed by atoms with Gasteiger partial charge in [-0.1, -0.05) is 25.3 Å². The average Bonchev–Trinajstić information content (AvgIpc) is 3.25. The first-order chi connectivity index (χ1) is 9.31. The van der Waals surface area contributed by atoms with Crippen molar-refractivity contribution in [3.63, 3.8) is 0 Å². The molecule has 2 aliphatic carbocycles. The summed E-state index contributed by atoms with van der Waals surface area (Å²) in [5.74, 6) is 0. The predicted molar refractivity (Wildman–Crippen MR) is 81.6 cm³/mol. The van der Waals surface area contributed by atoms with Crippen LogP contribution in [0.25, 0.3) is 0 Å². The number of pyridine rings is 1. The Bertz CT molecular complexity index is 423. The summed E-state index contributed by atoms with van der Waals surface area (Å²) in [7, 11) is 0. The van der Waals surface area contributed by atoms with Crippen molar-refractivity contribution in [2.45, 2.75) is 74.7 Å². The monoisotopic (exact) mass is 276 g/mol. The summed E-state index contributed by atoms with van der Waals surface area (Å²) < 4.78 is 0. The van der Waals surface area contributed by atoms with Crippen molar-refractivity contribution in [2.75, 3.05) is 0 Å². The molecule has 3 rings (SSSR count). The molecule has 0 spiro atoms. The highest BCUT2D eigenvalue weighted by Gasteiger charge is 2.20. The first kappa shape index (κ1) is 13.4. The molecular weight excluding hydrogens is 252 g/mol. The highest BCUT2D eigenvalue weighted by atomic mass is 32.2. The molecule has 3 heteroatoms. The molecule has 0 unspecified atom stereocenters. The fourth-order valence-electron chi connectivity index (χ4n) is 2.73. The van der Waals surface area contributed by atoms with Gasteiger partial charge in [-0.15, -0.1) is 11.8 Å². The minimum atomic E-state index is 0.775. The standard InChI is InChI=1S/C16H24N2S/c1-12-9-13(10-17-14-7-8-14)11-18-16(12)19-15-5-3-2-4-6-15/h9,11,14-15,17H,2-8,10H2,1H3. The third-order valence-electron chi connectivity index (χ3n) is 4.09.